The number of benzene rings is 3. The van der Waals surface area contributed by atoms with Crippen LogP contribution in [0.4, 0.5) is 5.69 Å². The highest BCUT2D eigenvalue weighted by atomic mass is 79.9. The second-order valence-electron chi connectivity index (χ2n) is 6.89. The van der Waals surface area contributed by atoms with Crippen LogP contribution < -0.4 is 5.32 Å². The van der Waals surface area contributed by atoms with Crippen molar-refractivity contribution < 1.29 is 4.79 Å². The molecule has 30 heavy (non-hydrogen) atoms. The molecule has 0 aliphatic rings. The van der Waals surface area contributed by atoms with Crippen LogP contribution in [-0.4, -0.2) is 20.7 Å². The van der Waals surface area contributed by atoms with Crippen LogP contribution >= 0.6 is 27.5 Å². The third kappa shape index (κ3) is 4.15. The first-order valence-corrected chi connectivity index (χ1v) is 10.5. The van der Waals surface area contributed by atoms with Gasteiger partial charge in [-0.15, -0.1) is 5.10 Å². The zero-order valence-corrected chi connectivity index (χ0v) is 18.7. The highest BCUT2D eigenvalue weighted by Gasteiger charge is 2.20. The van der Waals surface area contributed by atoms with Gasteiger partial charge in [0, 0.05) is 20.7 Å². The van der Waals surface area contributed by atoms with E-state index in [0.717, 1.165) is 26.9 Å². The molecule has 0 aliphatic heterocycles. The first-order chi connectivity index (χ1) is 14.4. The molecular weight excluding hydrogens is 464 g/mol. The normalized spacial score (nSPS) is 10.8. The summed E-state index contributed by atoms with van der Waals surface area (Å²) in [5.41, 5.74) is 4.25. The molecule has 7 heteroatoms. The highest BCUT2D eigenvalue weighted by molar-refractivity contribution is 9.10. The number of aryl methyl sites for hydroxylation is 1. The fraction of sp³-hybridized carbons (Fsp3) is 0.0870. The number of carbonyl (C=O) groups is 1. The molecule has 5 nitrogen and oxygen atoms in total. The summed E-state index contributed by atoms with van der Waals surface area (Å²) in [6.07, 6.45) is 0. The van der Waals surface area contributed by atoms with Crippen LogP contribution in [0.5, 0.6) is 0 Å². The smallest absolute Gasteiger partial charge is 0.295 e. The molecule has 0 aliphatic carbocycles. The minimum absolute atomic E-state index is 0.0776. The van der Waals surface area contributed by atoms with Crippen molar-refractivity contribution in [3.63, 3.8) is 0 Å². The summed E-state index contributed by atoms with van der Waals surface area (Å²) in [5.74, 6) is 0.267. The first kappa shape index (κ1) is 20.3. The molecule has 0 bridgehead atoms. The van der Waals surface area contributed by atoms with Crippen LogP contribution in [0.15, 0.2) is 71.2 Å². The van der Waals surface area contributed by atoms with E-state index in [2.05, 4.69) is 31.3 Å². The van der Waals surface area contributed by atoms with Gasteiger partial charge in [0.1, 0.15) is 0 Å². The third-order valence-corrected chi connectivity index (χ3v) is 5.59. The van der Waals surface area contributed by atoms with Gasteiger partial charge < -0.3 is 5.32 Å². The number of carbonyl (C=O) groups excluding carboxylic acids is 1. The molecule has 3 aromatic carbocycles. The quantitative estimate of drug-likeness (QED) is 0.376. The molecule has 0 saturated heterocycles. The zero-order valence-electron chi connectivity index (χ0n) is 16.4. The van der Waals surface area contributed by atoms with E-state index in [9.17, 15) is 4.79 Å². The SMILES string of the molecule is Cc1cccc(-c2nc(C(=O)Nc3ccc(Br)cc3)nn2-c2cccc(Cl)c2C)c1. The first-order valence-electron chi connectivity index (χ1n) is 9.29. The largest absolute Gasteiger partial charge is 0.319 e. The molecular formula is C23H18BrClN4O. The Morgan fingerprint density at radius 2 is 1.77 bits per heavy atom. The van der Waals surface area contributed by atoms with Crippen LogP contribution in [0.3, 0.4) is 0 Å². The summed E-state index contributed by atoms with van der Waals surface area (Å²) in [7, 11) is 0. The lowest BCUT2D eigenvalue weighted by molar-refractivity contribution is 0.101. The predicted octanol–water partition coefficient (Wildman–Crippen LogP) is 6.22. The van der Waals surface area contributed by atoms with E-state index in [1.165, 1.54) is 0 Å². The van der Waals surface area contributed by atoms with Crippen molar-refractivity contribution in [1.29, 1.82) is 0 Å². The molecule has 0 unspecified atom stereocenters. The molecule has 4 rings (SSSR count). The van der Waals surface area contributed by atoms with E-state index >= 15 is 0 Å². The van der Waals surface area contributed by atoms with Crippen LogP contribution in [0, 0.1) is 13.8 Å². The summed E-state index contributed by atoms with van der Waals surface area (Å²) >= 11 is 9.72. The van der Waals surface area contributed by atoms with Crippen molar-refractivity contribution >= 4 is 39.1 Å². The Morgan fingerprint density at radius 3 is 2.50 bits per heavy atom. The Kier molecular flexibility index (Phi) is 5.70. The van der Waals surface area contributed by atoms with Gasteiger partial charge in [-0.2, -0.15) is 0 Å². The fourth-order valence-electron chi connectivity index (χ4n) is 3.09. The molecule has 150 valence electrons. The van der Waals surface area contributed by atoms with Crippen LogP contribution in [0.2, 0.25) is 5.02 Å². The highest BCUT2D eigenvalue weighted by Crippen LogP contribution is 2.27. The van der Waals surface area contributed by atoms with E-state index < -0.39 is 0 Å². The van der Waals surface area contributed by atoms with Gasteiger partial charge in [0.25, 0.3) is 5.91 Å². The van der Waals surface area contributed by atoms with Crippen molar-refractivity contribution in [1.82, 2.24) is 14.8 Å². The number of hydrogen-bond acceptors (Lipinski definition) is 3. The maximum Gasteiger partial charge on any atom is 0.295 e. The molecule has 0 saturated carbocycles. The molecule has 1 heterocycles. The number of nitrogens with one attached hydrogen (secondary N) is 1. The molecule has 0 spiro atoms. The second kappa shape index (κ2) is 8.42. The maximum absolute atomic E-state index is 12.9. The Morgan fingerprint density at radius 1 is 1.03 bits per heavy atom. The molecule has 0 atom stereocenters. The van der Waals surface area contributed by atoms with Gasteiger partial charge in [0.05, 0.1) is 5.69 Å². The number of hydrogen-bond donors (Lipinski definition) is 1. The average molecular weight is 482 g/mol. The van der Waals surface area contributed by atoms with Crippen molar-refractivity contribution in [2.45, 2.75) is 13.8 Å². The van der Waals surface area contributed by atoms with Crippen LogP contribution in [0.1, 0.15) is 21.7 Å². The Bertz CT molecular complexity index is 1230. The number of nitrogens with zero attached hydrogens (tertiary/aromatic N) is 3. The minimum Gasteiger partial charge on any atom is -0.319 e. The zero-order chi connectivity index (χ0) is 21.3. The van der Waals surface area contributed by atoms with Gasteiger partial charge in [0.15, 0.2) is 5.82 Å². The summed E-state index contributed by atoms with van der Waals surface area (Å²) in [6.45, 7) is 3.93. The summed E-state index contributed by atoms with van der Waals surface area (Å²) < 4.78 is 2.60. The van der Waals surface area contributed by atoms with Gasteiger partial charge in [-0.25, -0.2) is 9.67 Å². The van der Waals surface area contributed by atoms with Gasteiger partial charge in [-0.3, -0.25) is 4.79 Å². The van der Waals surface area contributed by atoms with Crippen molar-refractivity contribution in [3.05, 3.63) is 93.2 Å². The van der Waals surface area contributed by atoms with Crippen molar-refractivity contribution in [2.75, 3.05) is 5.32 Å². The lowest BCUT2D eigenvalue weighted by atomic mass is 10.1. The second-order valence-corrected chi connectivity index (χ2v) is 8.21. The van der Waals surface area contributed by atoms with Gasteiger partial charge >= 0.3 is 0 Å². The lowest BCUT2D eigenvalue weighted by Crippen LogP contribution is -2.14. The molecule has 4 aromatic rings. The van der Waals surface area contributed by atoms with Gasteiger partial charge in [0.2, 0.25) is 5.82 Å². The van der Waals surface area contributed by atoms with E-state index in [1.54, 1.807) is 4.68 Å². The lowest BCUT2D eigenvalue weighted by Gasteiger charge is -2.10. The molecule has 1 amide bonds. The Hall–Kier alpha value is -2.96. The van der Waals surface area contributed by atoms with Crippen molar-refractivity contribution in [3.8, 4) is 17.1 Å². The van der Waals surface area contributed by atoms with E-state index in [4.69, 9.17) is 11.6 Å². The van der Waals surface area contributed by atoms with E-state index in [-0.39, 0.29) is 11.7 Å². The predicted molar refractivity (Wildman–Crippen MR) is 123 cm³/mol. The monoisotopic (exact) mass is 480 g/mol. The van der Waals surface area contributed by atoms with Crippen LogP contribution in [-0.2, 0) is 0 Å². The van der Waals surface area contributed by atoms with E-state index in [1.807, 2.05) is 80.6 Å². The Labute approximate surface area is 187 Å². The topological polar surface area (TPSA) is 59.8 Å². The molecule has 1 N–H and O–H groups in total. The average Bonchev–Trinajstić information content (AvgIpc) is 3.17. The minimum atomic E-state index is -0.385. The fourth-order valence-corrected chi connectivity index (χ4v) is 3.53. The maximum atomic E-state index is 12.9. The van der Waals surface area contributed by atoms with Gasteiger partial charge in [-0.05, 0) is 61.9 Å². The number of rotatable bonds is 4. The molecule has 1 aromatic heterocycles. The number of aromatic nitrogens is 3. The van der Waals surface area contributed by atoms with Gasteiger partial charge in [-0.1, -0.05) is 57.4 Å². The molecule has 0 radical (unpaired) electrons. The standard InChI is InChI=1S/C23H18BrClN4O/c1-14-5-3-6-16(13-14)22-27-21(23(30)26-18-11-9-17(24)10-12-18)28-29(22)20-8-4-7-19(25)15(20)2/h3-13H,1-2H3,(H,26,30). The summed E-state index contributed by atoms with van der Waals surface area (Å²) in [4.78, 5) is 17.4. The summed E-state index contributed by atoms with van der Waals surface area (Å²) in [6, 6.07) is 20.8. The number of amides is 1. The number of anilines is 1. The third-order valence-electron chi connectivity index (χ3n) is 4.66. The Balaban J connectivity index is 1.80. The van der Waals surface area contributed by atoms with E-state index in [0.29, 0.717) is 16.5 Å². The van der Waals surface area contributed by atoms with Crippen molar-refractivity contribution in [2.24, 2.45) is 0 Å². The number of halogens is 2. The van der Waals surface area contributed by atoms with Crippen LogP contribution in [0.25, 0.3) is 17.1 Å². The molecule has 0 fully saturated rings. The summed E-state index contributed by atoms with van der Waals surface area (Å²) in [5, 5.41) is 7.99.